The molecule has 0 bridgehead atoms. The number of carbonyl (C=O) groups excluding carboxylic acids is 1. The molecule has 0 aliphatic carbocycles. The number of hydrogen-bond donors (Lipinski definition) is 2. The Morgan fingerprint density at radius 1 is 1.33 bits per heavy atom. The van der Waals surface area contributed by atoms with Gasteiger partial charge in [-0.1, -0.05) is 11.6 Å². The van der Waals surface area contributed by atoms with E-state index in [9.17, 15) is 14.9 Å². The molecule has 0 radical (unpaired) electrons. The minimum absolute atomic E-state index is 0.0161. The van der Waals surface area contributed by atoms with Crippen LogP contribution in [0.15, 0.2) is 36.4 Å². The molecule has 0 saturated heterocycles. The zero-order valence-electron chi connectivity index (χ0n) is 12.4. The summed E-state index contributed by atoms with van der Waals surface area (Å²) >= 11 is 7.55. The first-order valence-electron chi connectivity index (χ1n) is 6.81. The minimum atomic E-state index is -0.584. The van der Waals surface area contributed by atoms with Crippen molar-refractivity contribution in [2.24, 2.45) is 0 Å². The van der Waals surface area contributed by atoms with Gasteiger partial charge in [-0.15, -0.1) is 11.3 Å². The molecule has 9 heteroatoms. The van der Waals surface area contributed by atoms with Crippen LogP contribution in [0.4, 0.5) is 11.5 Å². The molecule has 2 N–H and O–H groups in total. The van der Waals surface area contributed by atoms with Crippen molar-refractivity contribution in [1.29, 1.82) is 0 Å². The normalized spacial score (nSPS) is 10.6. The number of nitrogens with zero attached hydrogens (tertiary/aromatic N) is 2. The topological polar surface area (TPSA) is 101 Å². The van der Waals surface area contributed by atoms with Gasteiger partial charge in [0, 0.05) is 23.1 Å². The van der Waals surface area contributed by atoms with Crippen LogP contribution >= 0.6 is 22.9 Å². The maximum atomic E-state index is 12.3. The fourth-order valence-electron chi connectivity index (χ4n) is 2.08. The van der Waals surface area contributed by atoms with E-state index in [1.165, 1.54) is 12.1 Å². The number of benzene rings is 1. The second kappa shape index (κ2) is 6.42. The van der Waals surface area contributed by atoms with Crippen molar-refractivity contribution in [3.63, 3.8) is 0 Å². The molecule has 0 aliphatic heterocycles. The third-order valence-corrected chi connectivity index (χ3v) is 4.59. The van der Waals surface area contributed by atoms with Crippen LogP contribution in [0.5, 0.6) is 0 Å². The van der Waals surface area contributed by atoms with Crippen LogP contribution in [0.1, 0.15) is 15.2 Å². The fraction of sp³-hybridized carbons (Fsp3) is 0.0667. The van der Waals surface area contributed by atoms with Crippen molar-refractivity contribution in [3.05, 3.63) is 62.0 Å². The fourth-order valence-corrected chi connectivity index (χ4v) is 3.11. The predicted molar refractivity (Wildman–Crippen MR) is 92.7 cm³/mol. The van der Waals surface area contributed by atoms with E-state index in [2.05, 4.69) is 15.5 Å². The minimum Gasteiger partial charge on any atom is -0.305 e. The number of anilines is 1. The Kier molecular flexibility index (Phi) is 4.32. The monoisotopic (exact) mass is 362 g/mol. The first kappa shape index (κ1) is 16.2. The van der Waals surface area contributed by atoms with Crippen LogP contribution < -0.4 is 5.32 Å². The highest BCUT2D eigenvalue weighted by Gasteiger charge is 2.17. The molecule has 122 valence electrons. The van der Waals surface area contributed by atoms with E-state index in [-0.39, 0.29) is 16.3 Å². The zero-order chi connectivity index (χ0) is 17.3. The maximum Gasteiger partial charge on any atom is 0.270 e. The summed E-state index contributed by atoms with van der Waals surface area (Å²) in [5.41, 5.74) is 0.581. The summed E-state index contributed by atoms with van der Waals surface area (Å²) in [6, 6.07) is 9.32. The van der Waals surface area contributed by atoms with Gasteiger partial charge in [-0.2, -0.15) is 5.10 Å². The van der Waals surface area contributed by atoms with Crippen LogP contribution in [0.25, 0.3) is 10.6 Å². The second-order valence-electron chi connectivity index (χ2n) is 4.95. The number of hydrogen-bond acceptors (Lipinski definition) is 5. The predicted octanol–water partition coefficient (Wildman–Crippen LogP) is 4.26. The number of rotatable bonds is 4. The molecule has 2 heterocycles. The van der Waals surface area contributed by atoms with Crippen LogP contribution in [0, 0.1) is 17.0 Å². The average Bonchev–Trinajstić information content (AvgIpc) is 3.16. The summed E-state index contributed by atoms with van der Waals surface area (Å²) in [5.74, 6) is -0.257. The van der Waals surface area contributed by atoms with E-state index in [4.69, 9.17) is 11.6 Å². The Morgan fingerprint density at radius 2 is 2.12 bits per heavy atom. The zero-order valence-corrected chi connectivity index (χ0v) is 13.9. The smallest absolute Gasteiger partial charge is 0.270 e. The van der Waals surface area contributed by atoms with E-state index in [0.29, 0.717) is 5.82 Å². The third kappa shape index (κ3) is 3.29. The highest BCUT2D eigenvalue weighted by atomic mass is 35.5. The van der Waals surface area contributed by atoms with E-state index in [1.807, 2.05) is 19.1 Å². The lowest BCUT2D eigenvalue weighted by atomic mass is 10.2. The highest BCUT2D eigenvalue weighted by Crippen LogP contribution is 2.28. The number of amides is 1. The average molecular weight is 363 g/mol. The molecule has 24 heavy (non-hydrogen) atoms. The second-order valence-corrected chi connectivity index (χ2v) is 6.65. The molecule has 3 rings (SSSR count). The molecule has 1 aromatic carbocycles. The summed E-state index contributed by atoms with van der Waals surface area (Å²) in [4.78, 5) is 24.7. The molecule has 3 aromatic rings. The molecule has 0 fully saturated rings. The standard InChI is InChI=1S/C15H11ClN4O3S/c1-8-2-5-13(24-8)12-7-14(19-18-12)17-15(21)10-6-9(20(22)23)3-4-11(10)16/h2-7H,1H3,(H2,17,18,19,21). The quantitative estimate of drug-likeness (QED) is 0.534. The lowest BCUT2D eigenvalue weighted by molar-refractivity contribution is -0.384. The van der Waals surface area contributed by atoms with Crippen LogP contribution in [-0.2, 0) is 0 Å². The number of aromatic nitrogens is 2. The first-order valence-corrected chi connectivity index (χ1v) is 8.01. The van der Waals surface area contributed by atoms with E-state index < -0.39 is 10.8 Å². The van der Waals surface area contributed by atoms with Gasteiger partial charge in [0.2, 0.25) is 0 Å². The van der Waals surface area contributed by atoms with Gasteiger partial charge in [0.05, 0.1) is 26.1 Å². The maximum absolute atomic E-state index is 12.3. The van der Waals surface area contributed by atoms with Gasteiger partial charge < -0.3 is 5.32 Å². The molecule has 7 nitrogen and oxygen atoms in total. The first-order chi connectivity index (χ1) is 11.4. The number of thiophene rings is 1. The van der Waals surface area contributed by atoms with Crippen molar-refractivity contribution in [3.8, 4) is 10.6 Å². The molecule has 0 spiro atoms. The van der Waals surface area contributed by atoms with Gasteiger partial charge in [-0.05, 0) is 25.1 Å². The van der Waals surface area contributed by atoms with Gasteiger partial charge in [0.1, 0.15) is 0 Å². The molecule has 1 amide bonds. The summed E-state index contributed by atoms with van der Waals surface area (Å²) in [5, 5.41) is 20.4. The Bertz CT molecular complexity index is 934. The number of nitro benzene ring substituents is 1. The van der Waals surface area contributed by atoms with Gasteiger partial charge in [-0.25, -0.2) is 0 Å². The van der Waals surface area contributed by atoms with Gasteiger partial charge in [0.15, 0.2) is 5.82 Å². The Hall–Kier alpha value is -2.71. The van der Waals surface area contributed by atoms with E-state index in [0.717, 1.165) is 21.5 Å². The molecular formula is C15H11ClN4O3S. The van der Waals surface area contributed by atoms with Crippen molar-refractivity contribution in [2.75, 3.05) is 5.32 Å². The number of carbonyl (C=O) groups is 1. The number of H-pyrrole nitrogens is 1. The SMILES string of the molecule is Cc1ccc(-c2cc(NC(=O)c3cc([N+](=O)[O-])ccc3Cl)n[nH]2)s1. The van der Waals surface area contributed by atoms with Crippen molar-refractivity contribution in [2.45, 2.75) is 6.92 Å². The molecule has 2 aromatic heterocycles. The van der Waals surface area contributed by atoms with Crippen molar-refractivity contribution < 1.29 is 9.72 Å². The lowest BCUT2D eigenvalue weighted by Crippen LogP contribution is -2.13. The van der Waals surface area contributed by atoms with Crippen LogP contribution in [0.3, 0.4) is 0 Å². The Morgan fingerprint density at radius 3 is 2.79 bits per heavy atom. The summed E-state index contributed by atoms with van der Waals surface area (Å²) in [7, 11) is 0. The molecule has 0 atom stereocenters. The third-order valence-electron chi connectivity index (χ3n) is 3.23. The highest BCUT2D eigenvalue weighted by molar-refractivity contribution is 7.15. The summed E-state index contributed by atoms with van der Waals surface area (Å²) in [6.45, 7) is 2.00. The van der Waals surface area contributed by atoms with E-state index >= 15 is 0 Å². The van der Waals surface area contributed by atoms with E-state index in [1.54, 1.807) is 17.4 Å². The summed E-state index contributed by atoms with van der Waals surface area (Å²) < 4.78 is 0. The number of non-ortho nitro benzene ring substituents is 1. The number of nitro groups is 1. The van der Waals surface area contributed by atoms with Crippen LogP contribution in [-0.4, -0.2) is 21.0 Å². The van der Waals surface area contributed by atoms with Gasteiger partial charge in [0.25, 0.3) is 11.6 Å². The number of aromatic amines is 1. The van der Waals surface area contributed by atoms with Crippen LogP contribution in [0.2, 0.25) is 5.02 Å². The Balaban J connectivity index is 1.82. The summed E-state index contributed by atoms with van der Waals surface area (Å²) in [6.07, 6.45) is 0. The molecule has 0 saturated carbocycles. The van der Waals surface area contributed by atoms with Crippen molar-refractivity contribution >= 4 is 40.4 Å². The number of aryl methyl sites for hydroxylation is 1. The molecular weight excluding hydrogens is 352 g/mol. The van der Waals surface area contributed by atoms with Gasteiger partial charge >= 0.3 is 0 Å². The number of nitrogens with one attached hydrogen (secondary N) is 2. The number of halogens is 1. The molecule has 0 unspecified atom stereocenters. The van der Waals surface area contributed by atoms with Gasteiger partial charge in [-0.3, -0.25) is 20.0 Å². The molecule has 0 aliphatic rings. The Labute approximate surface area is 145 Å². The largest absolute Gasteiger partial charge is 0.305 e. The van der Waals surface area contributed by atoms with Crippen molar-refractivity contribution in [1.82, 2.24) is 10.2 Å². The lowest BCUT2D eigenvalue weighted by Gasteiger charge is -2.04.